The van der Waals surface area contributed by atoms with Crippen molar-refractivity contribution in [1.82, 2.24) is 14.3 Å². The van der Waals surface area contributed by atoms with Crippen molar-refractivity contribution in [1.29, 1.82) is 0 Å². The van der Waals surface area contributed by atoms with E-state index in [1.807, 2.05) is 16.7 Å². The first-order valence-electron chi connectivity index (χ1n) is 7.54. The van der Waals surface area contributed by atoms with E-state index in [1.165, 1.54) is 20.0 Å². The lowest BCUT2D eigenvalue weighted by molar-refractivity contribution is 0.0602. The van der Waals surface area contributed by atoms with Crippen LogP contribution in [0.4, 0.5) is 0 Å². The summed E-state index contributed by atoms with van der Waals surface area (Å²) in [6, 6.07) is 3.99. The van der Waals surface area contributed by atoms with Gasteiger partial charge in [0, 0.05) is 6.20 Å². The lowest BCUT2D eigenvalue weighted by Crippen LogP contribution is -2.34. The molecule has 5 nitrogen and oxygen atoms in total. The van der Waals surface area contributed by atoms with Crippen LogP contribution in [-0.4, -0.2) is 40.5 Å². The molecule has 3 rings (SSSR count). The zero-order chi connectivity index (χ0) is 14.8. The molecule has 0 amide bonds. The highest BCUT2D eigenvalue weighted by molar-refractivity contribution is 5.96. The van der Waals surface area contributed by atoms with Crippen molar-refractivity contribution in [2.45, 2.75) is 32.2 Å². The summed E-state index contributed by atoms with van der Waals surface area (Å²) in [5.74, 6) is 0.709. The maximum atomic E-state index is 11.9. The van der Waals surface area contributed by atoms with Crippen LogP contribution in [0.2, 0.25) is 0 Å². The monoisotopic (exact) mass is 287 g/mol. The first-order chi connectivity index (χ1) is 10.3. The van der Waals surface area contributed by atoms with Gasteiger partial charge in [-0.3, -0.25) is 4.90 Å². The number of fused-ring (bicyclic) bond motifs is 1. The molecular formula is C16H21N3O2. The molecule has 0 N–H and O–H groups in total. The SMILES string of the molecule is CCN1CCCCC1c1ncc2c(C(=O)OC)cccn12. The normalized spacial score (nSPS) is 19.8. The molecule has 1 fully saturated rings. The highest BCUT2D eigenvalue weighted by Gasteiger charge is 2.26. The van der Waals surface area contributed by atoms with Gasteiger partial charge in [-0.25, -0.2) is 9.78 Å². The second kappa shape index (κ2) is 5.85. The van der Waals surface area contributed by atoms with Gasteiger partial charge >= 0.3 is 5.97 Å². The van der Waals surface area contributed by atoms with Gasteiger partial charge in [-0.2, -0.15) is 0 Å². The third kappa shape index (κ3) is 2.42. The molecule has 1 unspecified atom stereocenters. The Balaban J connectivity index is 2.06. The fourth-order valence-electron chi connectivity index (χ4n) is 3.23. The Bertz CT molecular complexity index is 650. The van der Waals surface area contributed by atoms with Crippen molar-refractivity contribution in [3.63, 3.8) is 0 Å². The second-order valence-corrected chi connectivity index (χ2v) is 5.43. The number of aromatic nitrogens is 2. The molecule has 0 aromatic carbocycles. The van der Waals surface area contributed by atoms with E-state index in [0.29, 0.717) is 11.6 Å². The Hall–Kier alpha value is -1.88. The predicted molar refractivity (Wildman–Crippen MR) is 80.4 cm³/mol. The molecule has 112 valence electrons. The van der Waals surface area contributed by atoms with E-state index in [1.54, 1.807) is 12.3 Å². The van der Waals surface area contributed by atoms with Gasteiger partial charge in [-0.1, -0.05) is 13.3 Å². The largest absolute Gasteiger partial charge is 0.465 e. The van der Waals surface area contributed by atoms with Crippen molar-refractivity contribution < 1.29 is 9.53 Å². The van der Waals surface area contributed by atoms with E-state index in [9.17, 15) is 4.79 Å². The Labute approximate surface area is 124 Å². The molecule has 21 heavy (non-hydrogen) atoms. The van der Waals surface area contributed by atoms with Crippen molar-refractivity contribution in [3.8, 4) is 0 Å². The van der Waals surface area contributed by atoms with Crippen LogP contribution in [0.1, 0.15) is 48.4 Å². The molecule has 0 radical (unpaired) electrons. The van der Waals surface area contributed by atoms with Gasteiger partial charge < -0.3 is 9.14 Å². The number of hydrogen-bond donors (Lipinski definition) is 0. The number of piperidine rings is 1. The second-order valence-electron chi connectivity index (χ2n) is 5.43. The topological polar surface area (TPSA) is 46.8 Å². The number of methoxy groups -OCH3 is 1. The minimum Gasteiger partial charge on any atom is -0.465 e. The van der Waals surface area contributed by atoms with Crippen LogP contribution in [0.15, 0.2) is 24.5 Å². The van der Waals surface area contributed by atoms with Gasteiger partial charge in [0.15, 0.2) is 0 Å². The minimum absolute atomic E-state index is 0.317. The predicted octanol–water partition coefficient (Wildman–Crippen LogP) is 2.67. The number of carbonyl (C=O) groups excluding carboxylic acids is 1. The van der Waals surface area contributed by atoms with Crippen LogP contribution in [0.25, 0.3) is 5.52 Å². The third-order valence-electron chi connectivity index (χ3n) is 4.32. The van der Waals surface area contributed by atoms with E-state index in [-0.39, 0.29) is 5.97 Å². The zero-order valence-corrected chi connectivity index (χ0v) is 12.6. The molecule has 1 aliphatic heterocycles. The molecule has 0 aliphatic carbocycles. The molecule has 5 heteroatoms. The number of likely N-dealkylation sites (tertiary alicyclic amines) is 1. The molecule has 3 heterocycles. The lowest BCUT2D eigenvalue weighted by atomic mass is 10.0. The first kappa shape index (κ1) is 14.1. The van der Waals surface area contributed by atoms with Gasteiger partial charge in [-0.05, 0) is 38.1 Å². The van der Waals surface area contributed by atoms with Gasteiger partial charge in [0.05, 0.1) is 30.4 Å². The highest BCUT2D eigenvalue weighted by atomic mass is 16.5. The summed E-state index contributed by atoms with van der Waals surface area (Å²) in [7, 11) is 1.41. The fourth-order valence-corrected chi connectivity index (χ4v) is 3.23. The standard InChI is InChI=1S/C16H21N3O2/c1-3-18-9-5-4-8-13(18)15-17-11-14-12(16(20)21-2)7-6-10-19(14)15/h6-7,10-11,13H,3-5,8-9H2,1-2H3. The number of carbonyl (C=O) groups is 1. The number of esters is 1. The number of imidazole rings is 1. The number of rotatable bonds is 3. The van der Waals surface area contributed by atoms with Crippen molar-refractivity contribution >= 4 is 11.5 Å². The van der Waals surface area contributed by atoms with Gasteiger partial charge in [0.1, 0.15) is 5.82 Å². The van der Waals surface area contributed by atoms with Crippen LogP contribution >= 0.6 is 0 Å². The van der Waals surface area contributed by atoms with E-state index in [4.69, 9.17) is 4.74 Å². The van der Waals surface area contributed by atoms with Crippen LogP contribution in [-0.2, 0) is 4.74 Å². The van der Waals surface area contributed by atoms with Gasteiger partial charge in [0.2, 0.25) is 0 Å². The number of pyridine rings is 1. The summed E-state index contributed by atoms with van der Waals surface area (Å²) < 4.78 is 6.88. The van der Waals surface area contributed by atoms with Gasteiger partial charge in [0.25, 0.3) is 0 Å². The quantitative estimate of drug-likeness (QED) is 0.814. The number of hydrogen-bond acceptors (Lipinski definition) is 4. The molecule has 1 saturated heterocycles. The molecule has 1 aliphatic rings. The van der Waals surface area contributed by atoms with E-state index in [0.717, 1.165) is 30.9 Å². The summed E-state index contributed by atoms with van der Waals surface area (Å²) in [5.41, 5.74) is 1.39. The molecule has 0 saturated carbocycles. The minimum atomic E-state index is -0.317. The molecule has 2 aromatic rings. The Morgan fingerprint density at radius 2 is 2.33 bits per heavy atom. The van der Waals surface area contributed by atoms with E-state index >= 15 is 0 Å². The van der Waals surface area contributed by atoms with E-state index < -0.39 is 0 Å². The average Bonchev–Trinajstić information content (AvgIpc) is 2.97. The summed E-state index contributed by atoms with van der Waals surface area (Å²) in [6.45, 7) is 4.33. The van der Waals surface area contributed by atoms with Crippen LogP contribution in [0.5, 0.6) is 0 Å². The third-order valence-corrected chi connectivity index (χ3v) is 4.32. The fraction of sp³-hybridized carbons (Fsp3) is 0.500. The Kier molecular flexibility index (Phi) is 3.92. The molecule has 1 atom stereocenters. The zero-order valence-electron chi connectivity index (χ0n) is 12.6. The molecule has 0 spiro atoms. The first-order valence-corrected chi connectivity index (χ1v) is 7.54. The maximum absolute atomic E-state index is 11.9. The van der Waals surface area contributed by atoms with Crippen LogP contribution < -0.4 is 0 Å². The van der Waals surface area contributed by atoms with Crippen LogP contribution in [0.3, 0.4) is 0 Å². The molecular weight excluding hydrogens is 266 g/mol. The lowest BCUT2D eigenvalue weighted by Gasteiger charge is -2.33. The van der Waals surface area contributed by atoms with Gasteiger partial charge in [-0.15, -0.1) is 0 Å². The number of ether oxygens (including phenoxy) is 1. The van der Waals surface area contributed by atoms with E-state index in [2.05, 4.69) is 16.8 Å². The molecule has 0 bridgehead atoms. The average molecular weight is 287 g/mol. The molecule has 2 aromatic heterocycles. The summed E-state index contributed by atoms with van der Waals surface area (Å²) in [5, 5.41) is 0. The summed E-state index contributed by atoms with van der Waals surface area (Å²) in [6.07, 6.45) is 7.36. The Morgan fingerprint density at radius 1 is 1.48 bits per heavy atom. The smallest absolute Gasteiger partial charge is 0.340 e. The van der Waals surface area contributed by atoms with Crippen molar-refractivity contribution in [2.75, 3.05) is 20.2 Å². The van der Waals surface area contributed by atoms with Crippen molar-refractivity contribution in [3.05, 3.63) is 35.9 Å². The maximum Gasteiger partial charge on any atom is 0.340 e. The van der Waals surface area contributed by atoms with Crippen LogP contribution in [0, 0.1) is 0 Å². The van der Waals surface area contributed by atoms with Crippen molar-refractivity contribution in [2.24, 2.45) is 0 Å². The Morgan fingerprint density at radius 3 is 3.10 bits per heavy atom. The number of nitrogens with zero attached hydrogens (tertiary/aromatic N) is 3. The summed E-state index contributed by atoms with van der Waals surface area (Å²) in [4.78, 5) is 18.9. The summed E-state index contributed by atoms with van der Waals surface area (Å²) >= 11 is 0. The highest BCUT2D eigenvalue weighted by Crippen LogP contribution is 2.30.